The zero-order chi connectivity index (χ0) is 18.9. The fourth-order valence-corrected chi connectivity index (χ4v) is 3.48. The lowest BCUT2D eigenvalue weighted by molar-refractivity contribution is -0.183. The first-order valence-corrected chi connectivity index (χ1v) is 8.61. The van der Waals surface area contributed by atoms with Crippen LogP contribution in [0.2, 0.25) is 0 Å². The monoisotopic (exact) mass is 366 g/mol. The molecule has 1 amide bonds. The maximum absolute atomic E-state index is 12.9. The van der Waals surface area contributed by atoms with Crippen LogP contribution in [0.4, 0.5) is 13.2 Å². The smallest absolute Gasteiger partial charge is 0.391 e. The summed E-state index contributed by atoms with van der Waals surface area (Å²) >= 11 is 0. The number of pyridine rings is 1. The Balaban J connectivity index is 1.78. The molecule has 1 aliphatic rings. The second-order valence-electron chi connectivity index (χ2n) is 6.76. The maximum Gasteiger partial charge on any atom is 0.391 e. The van der Waals surface area contributed by atoms with Gasteiger partial charge < -0.3 is 10.1 Å². The third-order valence-corrected chi connectivity index (χ3v) is 4.93. The Kier molecular flexibility index (Phi) is 5.07. The predicted octanol–water partition coefficient (Wildman–Crippen LogP) is 4.40. The second kappa shape index (κ2) is 7.13. The van der Waals surface area contributed by atoms with E-state index in [0.717, 1.165) is 5.39 Å². The minimum Gasteiger partial charge on any atom is -0.497 e. The zero-order valence-corrected chi connectivity index (χ0v) is 14.7. The maximum atomic E-state index is 12.9. The second-order valence-corrected chi connectivity index (χ2v) is 6.76. The number of carbonyl (C=O) groups is 1. The largest absolute Gasteiger partial charge is 0.497 e. The molecule has 3 rings (SSSR count). The van der Waals surface area contributed by atoms with Crippen molar-refractivity contribution in [2.45, 2.75) is 44.8 Å². The number of methoxy groups -OCH3 is 1. The van der Waals surface area contributed by atoms with Crippen LogP contribution < -0.4 is 10.1 Å². The lowest BCUT2D eigenvalue weighted by atomic mass is 9.85. The van der Waals surface area contributed by atoms with Crippen LogP contribution in [0.1, 0.15) is 41.7 Å². The molecule has 2 aromatic rings. The number of aromatic nitrogens is 1. The number of alkyl halides is 3. The van der Waals surface area contributed by atoms with E-state index in [4.69, 9.17) is 4.74 Å². The molecule has 26 heavy (non-hydrogen) atoms. The van der Waals surface area contributed by atoms with E-state index in [1.54, 1.807) is 38.3 Å². The molecule has 4 nitrogen and oxygen atoms in total. The Morgan fingerprint density at radius 1 is 1.27 bits per heavy atom. The summed E-state index contributed by atoms with van der Waals surface area (Å²) in [4.78, 5) is 17.0. The first kappa shape index (κ1) is 18.5. The van der Waals surface area contributed by atoms with Crippen molar-refractivity contribution in [3.05, 3.63) is 35.5 Å². The summed E-state index contributed by atoms with van der Waals surface area (Å²) in [5.74, 6) is -1.05. The third kappa shape index (κ3) is 3.92. The molecular weight excluding hydrogens is 345 g/mol. The normalized spacial score (nSPS) is 20.8. The van der Waals surface area contributed by atoms with E-state index in [-0.39, 0.29) is 18.7 Å². The minimum atomic E-state index is -4.21. The molecule has 1 aromatic heterocycles. The number of fused-ring (bicyclic) bond motifs is 1. The van der Waals surface area contributed by atoms with Crippen molar-refractivity contribution in [2.24, 2.45) is 5.92 Å². The molecule has 0 radical (unpaired) electrons. The van der Waals surface area contributed by atoms with E-state index in [1.807, 2.05) is 0 Å². The van der Waals surface area contributed by atoms with Crippen LogP contribution in [0.3, 0.4) is 0 Å². The molecule has 1 aliphatic carbocycles. The minimum absolute atomic E-state index is 0.0630. The third-order valence-electron chi connectivity index (χ3n) is 4.93. The van der Waals surface area contributed by atoms with E-state index in [1.165, 1.54) is 0 Å². The van der Waals surface area contributed by atoms with Gasteiger partial charge >= 0.3 is 6.18 Å². The highest BCUT2D eigenvalue weighted by Crippen LogP contribution is 2.37. The predicted molar refractivity (Wildman–Crippen MR) is 92.3 cm³/mol. The average molecular weight is 366 g/mol. The quantitative estimate of drug-likeness (QED) is 0.876. The fourth-order valence-electron chi connectivity index (χ4n) is 3.48. The summed E-state index contributed by atoms with van der Waals surface area (Å²) in [5.41, 5.74) is 1.62. The van der Waals surface area contributed by atoms with E-state index in [2.05, 4.69) is 10.3 Å². The number of aryl methyl sites for hydroxylation is 1. The van der Waals surface area contributed by atoms with Crippen molar-refractivity contribution in [3.8, 4) is 5.75 Å². The van der Waals surface area contributed by atoms with Crippen molar-refractivity contribution >= 4 is 16.8 Å². The van der Waals surface area contributed by atoms with Crippen LogP contribution in [0.15, 0.2) is 24.3 Å². The highest BCUT2D eigenvalue weighted by Gasteiger charge is 2.42. The van der Waals surface area contributed by atoms with Crippen LogP contribution in [0.5, 0.6) is 5.75 Å². The van der Waals surface area contributed by atoms with E-state index in [9.17, 15) is 18.0 Å². The molecule has 0 bridgehead atoms. The van der Waals surface area contributed by atoms with Crippen LogP contribution in [0.25, 0.3) is 10.9 Å². The Hall–Kier alpha value is -2.31. The topological polar surface area (TPSA) is 51.2 Å². The van der Waals surface area contributed by atoms with E-state index in [0.29, 0.717) is 35.4 Å². The lowest BCUT2D eigenvalue weighted by Crippen LogP contribution is -2.41. The molecule has 0 saturated heterocycles. The number of benzene rings is 1. The summed E-state index contributed by atoms with van der Waals surface area (Å²) in [6.45, 7) is 1.72. The summed E-state index contributed by atoms with van der Waals surface area (Å²) < 4.78 is 44.0. The number of rotatable bonds is 3. The van der Waals surface area contributed by atoms with Gasteiger partial charge in [-0.2, -0.15) is 13.2 Å². The number of amides is 1. The molecule has 1 heterocycles. The Labute approximate surface area is 149 Å². The van der Waals surface area contributed by atoms with Crippen LogP contribution in [0, 0.1) is 12.8 Å². The van der Waals surface area contributed by atoms with Crippen molar-refractivity contribution in [3.63, 3.8) is 0 Å². The molecule has 2 unspecified atom stereocenters. The highest BCUT2D eigenvalue weighted by molar-refractivity contribution is 5.98. The Bertz CT molecular complexity index is 820. The molecule has 7 heteroatoms. The summed E-state index contributed by atoms with van der Waals surface area (Å²) in [6, 6.07) is 6.61. The van der Waals surface area contributed by atoms with Gasteiger partial charge in [0.25, 0.3) is 5.91 Å². The van der Waals surface area contributed by atoms with Gasteiger partial charge in [0.1, 0.15) is 5.75 Å². The first-order chi connectivity index (χ1) is 12.3. The number of hydrogen-bond donors (Lipinski definition) is 1. The summed E-state index contributed by atoms with van der Waals surface area (Å²) in [7, 11) is 1.56. The summed E-state index contributed by atoms with van der Waals surface area (Å²) in [5, 5.41) is 3.54. The van der Waals surface area contributed by atoms with Crippen LogP contribution >= 0.6 is 0 Å². The number of halogens is 3. The molecule has 2 atom stereocenters. The Morgan fingerprint density at radius 2 is 2.04 bits per heavy atom. The van der Waals surface area contributed by atoms with Gasteiger partial charge in [-0.15, -0.1) is 0 Å². The molecule has 1 N–H and O–H groups in total. The Morgan fingerprint density at radius 3 is 2.73 bits per heavy atom. The molecule has 0 spiro atoms. The van der Waals surface area contributed by atoms with Gasteiger partial charge in [0, 0.05) is 17.5 Å². The zero-order valence-electron chi connectivity index (χ0n) is 14.7. The number of ether oxygens (including phenoxy) is 1. The van der Waals surface area contributed by atoms with Crippen molar-refractivity contribution in [2.75, 3.05) is 7.11 Å². The van der Waals surface area contributed by atoms with Gasteiger partial charge in [-0.05, 0) is 44.4 Å². The average Bonchev–Trinajstić information content (AvgIpc) is 2.60. The van der Waals surface area contributed by atoms with Gasteiger partial charge in [0.05, 0.1) is 29.8 Å². The van der Waals surface area contributed by atoms with Gasteiger partial charge in [0.2, 0.25) is 0 Å². The molecule has 0 aliphatic heterocycles. The fraction of sp³-hybridized carbons (Fsp3) is 0.474. The van der Waals surface area contributed by atoms with Gasteiger partial charge in [0.15, 0.2) is 0 Å². The van der Waals surface area contributed by atoms with E-state index < -0.39 is 18.1 Å². The van der Waals surface area contributed by atoms with Crippen LogP contribution in [-0.2, 0) is 0 Å². The van der Waals surface area contributed by atoms with Crippen molar-refractivity contribution in [1.29, 1.82) is 0 Å². The summed E-state index contributed by atoms with van der Waals surface area (Å²) in [6.07, 6.45) is -3.11. The highest BCUT2D eigenvalue weighted by atomic mass is 19.4. The number of nitrogens with zero attached hydrogens (tertiary/aromatic N) is 1. The number of hydrogen-bond acceptors (Lipinski definition) is 3. The standard InChI is InChI=1S/C19H21F3N2O2/c1-11-16(8-12-6-7-15(26-2)10-17(12)23-11)18(25)24-14-5-3-4-13(9-14)19(20,21)22/h6-8,10,13-14H,3-5,9H2,1-2H3,(H,24,25). The lowest BCUT2D eigenvalue weighted by Gasteiger charge is -2.31. The molecule has 1 aromatic carbocycles. The van der Waals surface area contributed by atoms with Crippen molar-refractivity contribution < 1.29 is 22.7 Å². The van der Waals surface area contributed by atoms with Crippen LogP contribution in [-0.4, -0.2) is 30.2 Å². The molecule has 140 valence electrons. The SMILES string of the molecule is COc1ccc2cc(C(=O)NC3CCCC(C(F)(F)F)C3)c(C)nc2c1. The van der Waals surface area contributed by atoms with Crippen molar-refractivity contribution in [1.82, 2.24) is 10.3 Å². The van der Waals surface area contributed by atoms with Gasteiger partial charge in [-0.3, -0.25) is 9.78 Å². The van der Waals surface area contributed by atoms with E-state index >= 15 is 0 Å². The molecule has 1 fully saturated rings. The van der Waals surface area contributed by atoms with Gasteiger partial charge in [-0.25, -0.2) is 0 Å². The molecule has 1 saturated carbocycles. The number of carbonyl (C=O) groups excluding carboxylic acids is 1. The van der Waals surface area contributed by atoms with Gasteiger partial charge in [-0.1, -0.05) is 6.42 Å². The molecular formula is C19H21F3N2O2. The first-order valence-electron chi connectivity index (χ1n) is 8.61. The number of nitrogens with one attached hydrogen (secondary N) is 1.